The molecule has 2 aromatic carbocycles. The molecule has 4 rings (SSSR count). The molecule has 30 heavy (non-hydrogen) atoms. The number of hydrogen-bond donors (Lipinski definition) is 2. The summed E-state index contributed by atoms with van der Waals surface area (Å²) in [4.78, 5) is 4.38. The SMILES string of the molecule is CNc1ccc2c(COc3ccc(Cl)c(Oc4cc(Cl)cc(C#N)c4)c3)[nH]nc2n1. The van der Waals surface area contributed by atoms with Crippen LogP contribution in [-0.2, 0) is 6.61 Å². The first-order chi connectivity index (χ1) is 14.6. The fraction of sp³-hybridized carbons (Fsp3) is 0.0952. The van der Waals surface area contributed by atoms with Gasteiger partial charge in [-0.1, -0.05) is 23.2 Å². The van der Waals surface area contributed by atoms with E-state index in [9.17, 15) is 0 Å². The molecular formula is C21H15Cl2N5O2. The number of pyridine rings is 1. The van der Waals surface area contributed by atoms with E-state index >= 15 is 0 Å². The molecule has 9 heteroatoms. The van der Waals surface area contributed by atoms with Crippen molar-refractivity contribution in [1.82, 2.24) is 15.2 Å². The third-order valence-electron chi connectivity index (χ3n) is 4.27. The zero-order valence-electron chi connectivity index (χ0n) is 15.7. The number of H-pyrrole nitrogens is 1. The molecule has 0 unspecified atom stereocenters. The van der Waals surface area contributed by atoms with Crippen molar-refractivity contribution < 1.29 is 9.47 Å². The normalized spacial score (nSPS) is 10.6. The highest BCUT2D eigenvalue weighted by molar-refractivity contribution is 6.32. The second kappa shape index (κ2) is 8.49. The number of ether oxygens (including phenoxy) is 2. The van der Waals surface area contributed by atoms with Crippen molar-refractivity contribution in [1.29, 1.82) is 5.26 Å². The van der Waals surface area contributed by atoms with Crippen LogP contribution >= 0.6 is 23.2 Å². The van der Waals surface area contributed by atoms with E-state index < -0.39 is 0 Å². The molecule has 0 aliphatic carbocycles. The molecular weight excluding hydrogens is 425 g/mol. The highest BCUT2D eigenvalue weighted by Crippen LogP contribution is 2.34. The summed E-state index contributed by atoms with van der Waals surface area (Å²) < 4.78 is 11.7. The molecule has 0 spiro atoms. The summed E-state index contributed by atoms with van der Waals surface area (Å²) in [5.74, 6) is 2.08. The molecule has 4 aromatic rings. The van der Waals surface area contributed by atoms with Gasteiger partial charge in [-0.05, 0) is 42.5 Å². The smallest absolute Gasteiger partial charge is 0.183 e. The summed E-state index contributed by atoms with van der Waals surface area (Å²) in [6.45, 7) is 0.258. The molecule has 2 heterocycles. The fourth-order valence-electron chi connectivity index (χ4n) is 2.82. The summed E-state index contributed by atoms with van der Waals surface area (Å²) in [5.41, 5.74) is 1.79. The van der Waals surface area contributed by atoms with Crippen LogP contribution in [0.5, 0.6) is 17.2 Å². The lowest BCUT2D eigenvalue weighted by atomic mass is 10.2. The second-order valence-corrected chi connectivity index (χ2v) is 7.13. The number of nitrogens with one attached hydrogen (secondary N) is 2. The van der Waals surface area contributed by atoms with Crippen molar-refractivity contribution in [3.05, 3.63) is 69.8 Å². The maximum atomic E-state index is 9.09. The van der Waals surface area contributed by atoms with Crippen molar-refractivity contribution in [2.24, 2.45) is 0 Å². The average Bonchev–Trinajstić information content (AvgIpc) is 3.16. The van der Waals surface area contributed by atoms with E-state index in [2.05, 4.69) is 20.5 Å². The molecule has 0 fully saturated rings. The molecule has 0 radical (unpaired) electrons. The van der Waals surface area contributed by atoms with Gasteiger partial charge in [0.25, 0.3) is 0 Å². The van der Waals surface area contributed by atoms with Crippen molar-refractivity contribution in [2.75, 3.05) is 12.4 Å². The van der Waals surface area contributed by atoms with Gasteiger partial charge in [0.15, 0.2) is 5.65 Å². The van der Waals surface area contributed by atoms with Crippen LogP contribution in [0.2, 0.25) is 10.0 Å². The van der Waals surface area contributed by atoms with Gasteiger partial charge in [0.1, 0.15) is 29.7 Å². The number of hydrogen-bond acceptors (Lipinski definition) is 6. The van der Waals surface area contributed by atoms with Gasteiger partial charge in [-0.25, -0.2) is 4.98 Å². The van der Waals surface area contributed by atoms with E-state index in [0.29, 0.717) is 38.5 Å². The number of fused-ring (bicyclic) bond motifs is 1. The minimum Gasteiger partial charge on any atom is -0.487 e. The van der Waals surface area contributed by atoms with Crippen molar-refractivity contribution in [3.63, 3.8) is 0 Å². The molecule has 0 aliphatic rings. The number of aromatic amines is 1. The Balaban J connectivity index is 1.52. The number of benzene rings is 2. The number of aromatic nitrogens is 3. The summed E-state index contributed by atoms with van der Waals surface area (Å²) in [6.07, 6.45) is 0. The van der Waals surface area contributed by atoms with Gasteiger partial charge in [-0.15, -0.1) is 0 Å². The Hall–Kier alpha value is -3.47. The molecule has 150 valence electrons. The highest BCUT2D eigenvalue weighted by atomic mass is 35.5. The van der Waals surface area contributed by atoms with Crippen LogP contribution in [0.4, 0.5) is 5.82 Å². The third kappa shape index (κ3) is 4.25. The number of rotatable bonds is 6. The van der Waals surface area contributed by atoms with Crippen LogP contribution in [0.25, 0.3) is 11.0 Å². The van der Waals surface area contributed by atoms with Crippen molar-refractivity contribution >= 4 is 40.1 Å². The van der Waals surface area contributed by atoms with E-state index in [0.717, 1.165) is 16.9 Å². The number of halogens is 2. The van der Waals surface area contributed by atoms with Gasteiger partial charge in [0, 0.05) is 23.5 Å². The topological polar surface area (TPSA) is 95.8 Å². The monoisotopic (exact) mass is 439 g/mol. The Bertz CT molecular complexity index is 1270. The maximum Gasteiger partial charge on any atom is 0.183 e. The Morgan fingerprint density at radius 3 is 2.77 bits per heavy atom. The predicted octanol–water partition coefficient (Wildman–Crippen LogP) is 5.55. The standard InChI is InChI=1S/C21H15Cl2N5O2/c1-25-20-5-3-16-18(27-28-21(16)26-20)11-29-14-2-4-17(23)19(9-14)30-15-7-12(10-24)6-13(22)8-15/h2-9H,11H2,1H3,(H2,25,26,27,28). The molecule has 0 atom stereocenters. The first kappa shape index (κ1) is 19.8. The van der Waals surface area contributed by atoms with E-state index in [1.807, 2.05) is 18.2 Å². The van der Waals surface area contributed by atoms with Crippen LogP contribution in [0.1, 0.15) is 11.3 Å². The van der Waals surface area contributed by atoms with Crippen LogP contribution < -0.4 is 14.8 Å². The van der Waals surface area contributed by atoms with Gasteiger partial charge in [0.2, 0.25) is 0 Å². The number of nitriles is 1. The third-order valence-corrected chi connectivity index (χ3v) is 4.80. The number of anilines is 1. The highest BCUT2D eigenvalue weighted by Gasteiger charge is 2.11. The summed E-state index contributed by atoms with van der Waals surface area (Å²) >= 11 is 12.3. The largest absolute Gasteiger partial charge is 0.487 e. The molecule has 2 N–H and O–H groups in total. The van der Waals surface area contributed by atoms with E-state index in [1.165, 1.54) is 0 Å². The Morgan fingerprint density at radius 2 is 1.97 bits per heavy atom. The Kier molecular flexibility index (Phi) is 5.61. The van der Waals surface area contributed by atoms with Gasteiger partial charge < -0.3 is 14.8 Å². The van der Waals surface area contributed by atoms with Crippen molar-refractivity contribution in [3.8, 4) is 23.3 Å². The fourth-order valence-corrected chi connectivity index (χ4v) is 3.20. The summed E-state index contributed by atoms with van der Waals surface area (Å²) in [5, 5.41) is 20.9. The minimum absolute atomic E-state index is 0.258. The molecule has 7 nitrogen and oxygen atoms in total. The van der Waals surface area contributed by atoms with E-state index in [4.69, 9.17) is 37.9 Å². The lowest BCUT2D eigenvalue weighted by Crippen LogP contribution is -1.97. The zero-order valence-corrected chi connectivity index (χ0v) is 17.3. The van der Waals surface area contributed by atoms with Crippen LogP contribution in [0.15, 0.2) is 48.5 Å². The molecule has 0 bridgehead atoms. The lowest BCUT2D eigenvalue weighted by molar-refractivity contribution is 0.301. The van der Waals surface area contributed by atoms with Crippen LogP contribution in [0, 0.1) is 11.3 Å². The average molecular weight is 440 g/mol. The van der Waals surface area contributed by atoms with E-state index in [1.54, 1.807) is 43.4 Å². The van der Waals surface area contributed by atoms with Gasteiger partial charge in [0.05, 0.1) is 22.3 Å². The Labute approximate surface area is 182 Å². The predicted molar refractivity (Wildman–Crippen MR) is 115 cm³/mol. The first-order valence-corrected chi connectivity index (χ1v) is 9.64. The van der Waals surface area contributed by atoms with Crippen molar-refractivity contribution in [2.45, 2.75) is 6.61 Å². The van der Waals surface area contributed by atoms with Gasteiger partial charge in [-0.2, -0.15) is 10.4 Å². The van der Waals surface area contributed by atoms with Crippen LogP contribution in [-0.4, -0.2) is 22.2 Å². The first-order valence-electron chi connectivity index (χ1n) is 8.88. The van der Waals surface area contributed by atoms with E-state index in [-0.39, 0.29) is 6.61 Å². The molecule has 2 aromatic heterocycles. The summed E-state index contributed by atoms with van der Waals surface area (Å²) in [7, 11) is 1.80. The zero-order chi connectivity index (χ0) is 21.1. The lowest BCUT2D eigenvalue weighted by Gasteiger charge is -2.11. The molecule has 0 saturated carbocycles. The number of nitrogens with zero attached hydrogens (tertiary/aromatic N) is 3. The maximum absolute atomic E-state index is 9.09. The van der Waals surface area contributed by atoms with Gasteiger partial charge >= 0.3 is 0 Å². The molecule has 0 aliphatic heterocycles. The minimum atomic E-state index is 0.258. The molecule has 0 saturated heterocycles. The summed E-state index contributed by atoms with van der Waals surface area (Å²) in [6, 6.07) is 15.7. The van der Waals surface area contributed by atoms with Gasteiger partial charge in [-0.3, -0.25) is 5.10 Å². The molecule has 0 amide bonds. The quantitative estimate of drug-likeness (QED) is 0.408. The van der Waals surface area contributed by atoms with Crippen LogP contribution in [0.3, 0.4) is 0 Å². The second-order valence-electron chi connectivity index (χ2n) is 6.29. The Morgan fingerprint density at radius 1 is 1.10 bits per heavy atom.